The van der Waals surface area contributed by atoms with Crippen molar-refractivity contribution in [2.45, 2.75) is 32.4 Å². The van der Waals surface area contributed by atoms with Crippen LogP contribution in [0, 0.1) is 0 Å². The first-order chi connectivity index (χ1) is 11.1. The number of nitrogens with zero attached hydrogens (tertiary/aromatic N) is 1. The second-order valence-electron chi connectivity index (χ2n) is 6.04. The minimum absolute atomic E-state index is 0.0456. The second kappa shape index (κ2) is 7.04. The number of carbonyl (C=O) groups excluding carboxylic acids is 1. The van der Waals surface area contributed by atoms with Crippen LogP contribution in [0.3, 0.4) is 0 Å². The Balaban J connectivity index is 1.56. The predicted octanol–water partition coefficient (Wildman–Crippen LogP) is 4.14. The molecule has 5 heteroatoms. The molecule has 0 spiro atoms. The molecule has 0 aliphatic carbocycles. The molecule has 3 rings (SSSR count). The number of hydrogen-bond donors (Lipinski definition) is 1. The number of rotatable bonds is 4. The van der Waals surface area contributed by atoms with Crippen LogP contribution in [0.1, 0.15) is 40.7 Å². The van der Waals surface area contributed by atoms with Crippen molar-refractivity contribution in [3.05, 3.63) is 56.7 Å². The van der Waals surface area contributed by atoms with Crippen molar-refractivity contribution in [2.24, 2.45) is 0 Å². The maximum absolute atomic E-state index is 12.1. The van der Waals surface area contributed by atoms with Crippen molar-refractivity contribution < 1.29 is 4.79 Å². The lowest BCUT2D eigenvalue weighted by molar-refractivity contribution is 0.0930. The number of nitrogens with one attached hydrogen (secondary N) is 1. The molecule has 2 heterocycles. The average Bonchev–Trinajstić information content (AvgIpc) is 2.99. The van der Waals surface area contributed by atoms with Crippen molar-refractivity contribution in [1.29, 1.82) is 0 Å². The maximum Gasteiger partial charge on any atom is 0.251 e. The van der Waals surface area contributed by atoms with Crippen LogP contribution in [0.25, 0.3) is 0 Å². The Morgan fingerprint density at radius 3 is 2.78 bits per heavy atom. The Kier molecular flexibility index (Phi) is 5.05. The molecule has 122 valence electrons. The average molecular weight is 349 g/mol. The normalized spacial score (nSPS) is 21.0. The summed E-state index contributed by atoms with van der Waals surface area (Å²) >= 11 is 7.68. The molecular formula is C18H21ClN2OS. The Morgan fingerprint density at radius 2 is 2.04 bits per heavy atom. The standard InChI is InChI=1S/C18H21ClN2OS/c1-12-11-15-7-10-23-17(15)13(2)21(12)9-8-20-18(22)14-3-5-16(19)6-4-14/h3-7,10,12-13H,8-9,11H2,1-2H3,(H,20,22). The van der Waals surface area contributed by atoms with Crippen molar-refractivity contribution in [1.82, 2.24) is 10.2 Å². The molecule has 2 unspecified atom stereocenters. The van der Waals surface area contributed by atoms with Gasteiger partial charge >= 0.3 is 0 Å². The molecule has 1 aliphatic heterocycles. The zero-order chi connectivity index (χ0) is 16.4. The molecule has 2 atom stereocenters. The summed E-state index contributed by atoms with van der Waals surface area (Å²) in [6.07, 6.45) is 1.09. The summed E-state index contributed by atoms with van der Waals surface area (Å²) in [6.45, 7) is 6.03. The van der Waals surface area contributed by atoms with Crippen LogP contribution in [0.2, 0.25) is 5.02 Å². The van der Waals surface area contributed by atoms with E-state index in [1.807, 2.05) is 11.3 Å². The van der Waals surface area contributed by atoms with Gasteiger partial charge in [0.25, 0.3) is 5.91 Å². The zero-order valence-electron chi connectivity index (χ0n) is 13.4. The van der Waals surface area contributed by atoms with Gasteiger partial charge in [-0.2, -0.15) is 0 Å². The van der Waals surface area contributed by atoms with Gasteiger partial charge in [0.2, 0.25) is 0 Å². The molecule has 2 aromatic rings. The molecule has 1 aromatic heterocycles. The highest BCUT2D eigenvalue weighted by molar-refractivity contribution is 7.10. The summed E-state index contributed by atoms with van der Waals surface area (Å²) in [6, 6.07) is 10.1. The molecule has 0 radical (unpaired) electrons. The molecule has 0 saturated heterocycles. The Hall–Kier alpha value is -1.36. The van der Waals surface area contributed by atoms with Gasteiger partial charge in [0.1, 0.15) is 0 Å². The summed E-state index contributed by atoms with van der Waals surface area (Å²) in [5.74, 6) is -0.0456. The molecule has 23 heavy (non-hydrogen) atoms. The van der Waals surface area contributed by atoms with Gasteiger partial charge in [0, 0.05) is 40.6 Å². The van der Waals surface area contributed by atoms with Crippen LogP contribution < -0.4 is 5.32 Å². The van der Waals surface area contributed by atoms with E-state index in [1.54, 1.807) is 24.3 Å². The summed E-state index contributed by atoms with van der Waals surface area (Å²) < 4.78 is 0. The smallest absolute Gasteiger partial charge is 0.251 e. The zero-order valence-corrected chi connectivity index (χ0v) is 15.0. The molecular weight excluding hydrogens is 328 g/mol. The second-order valence-corrected chi connectivity index (χ2v) is 7.42. The molecule has 1 aliphatic rings. The van der Waals surface area contributed by atoms with Crippen LogP contribution in [0.4, 0.5) is 0 Å². The molecule has 1 aromatic carbocycles. The Bertz CT molecular complexity index is 683. The highest BCUT2D eigenvalue weighted by Gasteiger charge is 2.29. The van der Waals surface area contributed by atoms with Gasteiger partial charge < -0.3 is 5.32 Å². The van der Waals surface area contributed by atoms with Gasteiger partial charge in [-0.05, 0) is 61.5 Å². The fraction of sp³-hybridized carbons (Fsp3) is 0.389. The number of benzene rings is 1. The van der Waals surface area contributed by atoms with E-state index >= 15 is 0 Å². The topological polar surface area (TPSA) is 32.3 Å². The van der Waals surface area contributed by atoms with Crippen LogP contribution in [0.5, 0.6) is 0 Å². The first-order valence-electron chi connectivity index (χ1n) is 7.92. The van der Waals surface area contributed by atoms with Crippen molar-refractivity contribution in [3.8, 4) is 0 Å². The van der Waals surface area contributed by atoms with Crippen LogP contribution in [0.15, 0.2) is 35.7 Å². The minimum atomic E-state index is -0.0456. The van der Waals surface area contributed by atoms with E-state index in [-0.39, 0.29) is 5.91 Å². The van der Waals surface area contributed by atoms with E-state index in [1.165, 1.54) is 10.4 Å². The van der Waals surface area contributed by atoms with Crippen molar-refractivity contribution >= 4 is 28.8 Å². The number of thiophene rings is 1. The lowest BCUT2D eigenvalue weighted by atomic mass is 9.97. The van der Waals surface area contributed by atoms with E-state index in [0.717, 1.165) is 13.0 Å². The third-order valence-corrected chi connectivity index (χ3v) is 5.88. The first-order valence-corrected chi connectivity index (χ1v) is 9.18. The van der Waals surface area contributed by atoms with Gasteiger partial charge in [-0.15, -0.1) is 11.3 Å². The van der Waals surface area contributed by atoms with Gasteiger partial charge in [-0.3, -0.25) is 9.69 Å². The number of amides is 1. The molecule has 0 saturated carbocycles. The number of hydrogen-bond acceptors (Lipinski definition) is 3. The largest absolute Gasteiger partial charge is 0.351 e. The van der Waals surface area contributed by atoms with E-state index in [0.29, 0.717) is 29.2 Å². The predicted molar refractivity (Wildman–Crippen MR) is 96.4 cm³/mol. The molecule has 1 amide bonds. The van der Waals surface area contributed by atoms with Gasteiger partial charge in [0.15, 0.2) is 0 Å². The highest BCUT2D eigenvalue weighted by atomic mass is 35.5. The highest BCUT2D eigenvalue weighted by Crippen LogP contribution is 2.35. The fourth-order valence-electron chi connectivity index (χ4n) is 3.27. The SMILES string of the molecule is CC1Cc2ccsc2C(C)N1CCNC(=O)c1ccc(Cl)cc1. The van der Waals surface area contributed by atoms with Crippen molar-refractivity contribution in [3.63, 3.8) is 0 Å². The third-order valence-electron chi connectivity index (χ3n) is 4.50. The maximum atomic E-state index is 12.1. The van der Waals surface area contributed by atoms with Crippen molar-refractivity contribution in [2.75, 3.05) is 13.1 Å². The van der Waals surface area contributed by atoms with Crippen LogP contribution in [-0.2, 0) is 6.42 Å². The quantitative estimate of drug-likeness (QED) is 0.900. The monoisotopic (exact) mass is 348 g/mol. The van der Waals surface area contributed by atoms with Gasteiger partial charge in [0.05, 0.1) is 0 Å². The summed E-state index contributed by atoms with van der Waals surface area (Å²) in [5, 5.41) is 5.83. The summed E-state index contributed by atoms with van der Waals surface area (Å²) in [4.78, 5) is 16.1. The van der Waals surface area contributed by atoms with Gasteiger partial charge in [-0.1, -0.05) is 11.6 Å². The number of fused-ring (bicyclic) bond motifs is 1. The van der Waals surface area contributed by atoms with Gasteiger partial charge in [-0.25, -0.2) is 0 Å². The third kappa shape index (κ3) is 3.60. The summed E-state index contributed by atoms with van der Waals surface area (Å²) in [5.41, 5.74) is 2.13. The number of carbonyl (C=O) groups is 1. The lowest BCUT2D eigenvalue weighted by Gasteiger charge is -2.38. The first kappa shape index (κ1) is 16.5. The molecule has 3 nitrogen and oxygen atoms in total. The van der Waals surface area contributed by atoms with E-state index < -0.39 is 0 Å². The van der Waals surface area contributed by atoms with Crippen LogP contribution >= 0.6 is 22.9 Å². The number of halogens is 1. The van der Waals surface area contributed by atoms with E-state index in [9.17, 15) is 4.79 Å². The molecule has 0 fully saturated rings. The summed E-state index contributed by atoms with van der Waals surface area (Å²) in [7, 11) is 0. The lowest BCUT2D eigenvalue weighted by Crippen LogP contribution is -2.44. The van der Waals surface area contributed by atoms with E-state index in [2.05, 4.69) is 35.5 Å². The minimum Gasteiger partial charge on any atom is -0.351 e. The van der Waals surface area contributed by atoms with Crippen LogP contribution in [-0.4, -0.2) is 29.9 Å². The van der Waals surface area contributed by atoms with E-state index in [4.69, 9.17) is 11.6 Å². The molecule has 1 N–H and O–H groups in total. The Morgan fingerprint density at radius 1 is 1.30 bits per heavy atom. The molecule has 0 bridgehead atoms. The fourth-order valence-corrected chi connectivity index (χ4v) is 4.41. The Labute approximate surface area is 146 Å².